The van der Waals surface area contributed by atoms with E-state index in [2.05, 4.69) is 0 Å². The third-order valence-corrected chi connectivity index (χ3v) is 3.78. The smallest absolute Gasteiger partial charge is 0.280 e. The van der Waals surface area contributed by atoms with E-state index in [9.17, 15) is 20.2 Å². The Kier molecular flexibility index (Phi) is 5.71. The van der Waals surface area contributed by atoms with Crippen LogP contribution in [0.4, 0.5) is 5.69 Å². The van der Waals surface area contributed by atoms with Gasteiger partial charge in [0, 0.05) is 5.56 Å². The van der Waals surface area contributed by atoms with Crippen molar-refractivity contribution in [2.45, 2.75) is 6.92 Å². The number of ketones is 1. The Hall–Kier alpha value is -3.66. The quantitative estimate of drug-likeness (QED) is 0.258. The van der Waals surface area contributed by atoms with E-state index in [4.69, 9.17) is 9.47 Å². The molecule has 2 rings (SSSR count). The van der Waals surface area contributed by atoms with Gasteiger partial charge in [0.25, 0.3) is 5.69 Å². The number of Topliss-reactive ketones (excluding diaryl/α,β-unsaturated/α-hetero) is 1. The van der Waals surface area contributed by atoms with Crippen LogP contribution >= 0.6 is 0 Å². The molecule has 26 heavy (non-hydrogen) atoms. The minimum Gasteiger partial charge on any atom is -0.493 e. The molecule has 0 saturated heterocycles. The van der Waals surface area contributed by atoms with E-state index in [0.717, 1.165) is 0 Å². The molecule has 7 nitrogen and oxygen atoms in total. The topological polar surface area (TPSA) is 102 Å². The first kappa shape index (κ1) is 18.7. The molecule has 0 heterocycles. The van der Waals surface area contributed by atoms with Gasteiger partial charge in [-0.1, -0.05) is 24.3 Å². The molecule has 0 aliphatic rings. The van der Waals surface area contributed by atoms with Gasteiger partial charge in [-0.05, 0) is 24.6 Å². The molecule has 0 amide bonds. The van der Waals surface area contributed by atoms with E-state index in [1.807, 2.05) is 6.07 Å². The molecule has 132 valence electrons. The number of nitrogens with zero attached hydrogens (tertiary/aromatic N) is 2. The molecular formula is C19H16N2O5. The Balaban J connectivity index is 2.62. The third kappa shape index (κ3) is 3.70. The van der Waals surface area contributed by atoms with Crippen molar-refractivity contribution in [2.75, 3.05) is 14.2 Å². The number of hydrogen-bond donors (Lipinski definition) is 0. The molecule has 0 N–H and O–H groups in total. The molecule has 0 fully saturated rings. The van der Waals surface area contributed by atoms with E-state index in [1.54, 1.807) is 31.2 Å². The monoisotopic (exact) mass is 352 g/mol. The fraction of sp³-hybridized carbons (Fsp3) is 0.158. The molecule has 7 heteroatoms. The lowest BCUT2D eigenvalue weighted by atomic mass is 9.98. The highest BCUT2D eigenvalue weighted by molar-refractivity contribution is 6.15. The predicted molar refractivity (Wildman–Crippen MR) is 95.3 cm³/mol. The number of nitriles is 1. The molecule has 0 aliphatic heterocycles. The van der Waals surface area contributed by atoms with Gasteiger partial charge in [0.05, 0.1) is 30.8 Å². The lowest BCUT2D eigenvalue weighted by Crippen LogP contribution is -2.05. The van der Waals surface area contributed by atoms with Gasteiger partial charge in [-0.2, -0.15) is 5.26 Å². The second kappa shape index (κ2) is 7.94. The SMILES string of the molecule is COc1cc(/C=C(\C#N)C(=O)c2ccccc2C)c([N+](=O)[O-])cc1OC. The van der Waals surface area contributed by atoms with Crippen molar-refractivity contribution >= 4 is 17.5 Å². The van der Waals surface area contributed by atoms with Gasteiger partial charge in [-0.25, -0.2) is 0 Å². The summed E-state index contributed by atoms with van der Waals surface area (Å²) >= 11 is 0. The van der Waals surface area contributed by atoms with Crippen molar-refractivity contribution in [3.8, 4) is 17.6 Å². The van der Waals surface area contributed by atoms with Crippen molar-refractivity contribution in [1.29, 1.82) is 5.26 Å². The molecule has 0 saturated carbocycles. The first-order chi connectivity index (χ1) is 12.4. The summed E-state index contributed by atoms with van der Waals surface area (Å²) in [7, 11) is 2.75. The standard InChI is InChI=1S/C19H16N2O5/c1-12-6-4-5-7-15(12)19(22)14(11-20)8-13-9-17(25-2)18(26-3)10-16(13)21(23)24/h4-10H,1-3H3/b14-8+. The van der Waals surface area contributed by atoms with Crippen LogP contribution in [0.3, 0.4) is 0 Å². The highest BCUT2D eigenvalue weighted by Crippen LogP contribution is 2.35. The summed E-state index contributed by atoms with van der Waals surface area (Å²) in [4.78, 5) is 23.4. The Bertz CT molecular complexity index is 941. The summed E-state index contributed by atoms with van der Waals surface area (Å²) in [6, 6.07) is 11.2. The summed E-state index contributed by atoms with van der Waals surface area (Å²) in [5.41, 5.74) is 0.637. The Morgan fingerprint density at radius 2 is 1.81 bits per heavy atom. The van der Waals surface area contributed by atoms with Crippen LogP contribution in [0.1, 0.15) is 21.5 Å². The molecule has 0 radical (unpaired) electrons. The maximum Gasteiger partial charge on any atom is 0.280 e. The maximum absolute atomic E-state index is 12.6. The van der Waals surface area contributed by atoms with Crippen LogP contribution in [0.5, 0.6) is 11.5 Å². The Labute approximate surface area is 150 Å². The van der Waals surface area contributed by atoms with Crippen LogP contribution in [-0.2, 0) is 0 Å². The zero-order valence-electron chi connectivity index (χ0n) is 14.5. The minimum absolute atomic E-state index is 0.0751. The number of ether oxygens (including phenoxy) is 2. The molecule has 0 aromatic heterocycles. The number of rotatable bonds is 6. The van der Waals surface area contributed by atoms with E-state index in [1.165, 1.54) is 32.4 Å². The second-order valence-corrected chi connectivity index (χ2v) is 5.34. The molecule has 0 unspecified atom stereocenters. The number of carbonyl (C=O) groups excluding carboxylic acids is 1. The van der Waals surface area contributed by atoms with Gasteiger partial charge >= 0.3 is 0 Å². The maximum atomic E-state index is 12.6. The molecule has 0 aliphatic carbocycles. The number of benzene rings is 2. The van der Waals surface area contributed by atoms with E-state index < -0.39 is 10.7 Å². The fourth-order valence-electron chi connectivity index (χ4n) is 2.43. The largest absolute Gasteiger partial charge is 0.493 e. The zero-order valence-corrected chi connectivity index (χ0v) is 14.5. The molecule has 2 aromatic rings. The second-order valence-electron chi connectivity index (χ2n) is 5.34. The van der Waals surface area contributed by atoms with Crippen LogP contribution in [-0.4, -0.2) is 24.9 Å². The Morgan fingerprint density at radius 1 is 1.19 bits per heavy atom. The van der Waals surface area contributed by atoms with Gasteiger partial charge in [0.1, 0.15) is 11.6 Å². The Morgan fingerprint density at radius 3 is 2.35 bits per heavy atom. The van der Waals surface area contributed by atoms with E-state index >= 15 is 0 Å². The summed E-state index contributed by atoms with van der Waals surface area (Å²) in [5, 5.41) is 20.8. The first-order valence-electron chi connectivity index (χ1n) is 7.55. The summed E-state index contributed by atoms with van der Waals surface area (Å²) < 4.78 is 10.2. The number of methoxy groups -OCH3 is 2. The van der Waals surface area contributed by atoms with Gasteiger partial charge in [0.2, 0.25) is 5.78 Å². The molecule has 0 atom stereocenters. The first-order valence-corrected chi connectivity index (χ1v) is 7.55. The van der Waals surface area contributed by atoms with Crippen molar-refractivity contribution in [3.63, 3.8) is 0 Å². The minimum atomic E-state index is -0.610. The normalized spacial score (nSPS) is 10.8. The van der Waals surface area contributed by atoms with Gasteiger partial charge < -0.3 is 9.47 Å². The number of carbonyl (C=O) groups is 1. The van der Waals surface area contributed by atoms with Crippen molar-refractivity contribution < 1.29 is 19.2 Å². The lowest BCUT2D eigenvalue weighted by molar-refractivity contribution is -0.385. The zero-order chi connectivity index (χ0) is 19.3. The predicted octanol–water partition coefficient (Wildman–Crippen LogP) is 3.71. The van der Waals surface area contributed by atoms with E-state index in [-0.39, 0.29) is 28.3 Å². The number of allylic oxidation sites excluding steroid dienone is 1. The van der Waals surface area contributed by atoms with Crippen LogP contribution in [0, 0.1) is 28.4 Å². The number of aryl methyl sites for hydroxylation is 1. The van der Waals surface area contributed by atoms with Crippen LogP contribution in [0.15, 0.2) is 42.0 Å². The molecule has 0 spiro atoms. The fourth-order valence-corrected chi connectivity index (χ4v) is 2.43. The van der Waals surface area contributed by atoms with Gasteiger partial charge in [-0.15, -0.1) is 0 Å². The van der Waals surface area contributed by atoms with Gasteiger partial charge in [-0.3, -0.25) is 14.9 Å². The highest BCUT2D eigenvalue weighted by atomic mass is 16.6. The average Bonchev–Trinajstić information content (AvgIpc) is 2.65. The number of nitro benzene ring substituents is 1. The van der Waals surface area contributed by atoms with Crippen molar-refractivity contribution in [2.24, 2.45) is 0 Å². The summed E-state index contributed by atoms with van der Waals surface area (Å²) in [6.07, 6.45) is 1.19. The molecule has 0 bridgehead atoms. The van der Waals surface area contributed by atoms with Gasteiger partial charge in [0.15, 0.2) is 11.5 Å². The summed E-state index contributed by atoms with van der Waals surface area (Å²) in [5.74, 6) is -0.0697. The summed E-state index contributed by atoms with van der Waals surface area (Å²) in [6.45, 7) is 1.75. The molecular weight excluding hydrogens is 336 g/mol. The third-order valence-electron chi connectivity index (χ3n) is 3.78. The molecule has 2 aromatic carbocycles. The number of nitro groups is 1. The highest BCUT2D eigenvalue weighted by Gasteiger charge is 2.21. The lowest BCUT2D eigenvalue weighted by Gasteiger charge is -2.09. The average molecular weight is 352 g/mol. The van der Waals surface area contributed by atoms with Crippen molar-refractivity contribution in [1.82, 2.24) is 0 Å². The van der Waals surface area contributed by atoms with Crippen LogP contribution in [0.2, 0.25) is 0 Å². The van der Waals surface area contributed by atoms with Crippen LogP contribution < -0.4 is 9.47 Å². The van der Waals surface area contributed by atoms with Crippen molar-refractivity contribution in [3.05, 3.63) is 68.8 Å². The number of hydrogen-bond acceptors (Lipinski definition) is 6. The van der Waals surface area contributed by atoms with Crippen LogP contribution in [0.25, 0.3) is 6.08 Å². The van der Waals surface area contributed by atoms with E-state index in [0.29, 0.717) is 11.1 Å².